The molecule has 0 aliphatic carbocycles. The molecule has 0 saturated heterocycles. The fraction of sp³-hybridized carbons (Fsp3) is 0.444. The molecule has 2 heterocycles. The third kappa shape index (κ3) is 3.66. The zero-order valence-corrected chi connectivity index (χ0v) is 14.2. The molecule has 0 bridgehead atoms. The number of ether oxygens (including phenoxy) is 1. The van der Waals surface area contributed by atoms with E-state index in [1.54, 1.807) is 19.3 Å². The first kappa shape index (κ1) is 17.3. The molecule has 2 rings (SSSR count). The van der Waals surface area contributed by atoms with Crippen LogP contribution in [0, 0.1) is 18.6 Å². The topological polar surface area (TPSA) is 35.0 Å². The molecule has 0 aromatic carbocycles. The Morgan fingerprint density at radius 1 is 1.13 bits per heavy atom. The monoisotopic (exact) mass is 320 g/mol. The molecule has 1 atom stereocenters. The van der Waals surface area contributed by atoms with E-state index in [1.807, 2.05) is 20.8 Å². The molecule has 0 aliphatic rings. The predicted octanol–water partition coefficient (Wildman–Crippen LogP) is 4.54. The zero-order chi connectivity index (χ0) is 17.1. The van der Waals surface area contributed by atoms with E-state index in [4.69, 9.17) is 4.74 Å². The highest BCUT2D eigenvalue weighted by atomic mass is 19.1. The summed E-state index contributed by atoms with van der Waals surface area (Å²) in [5.41, 5.74) is 2.07. The lowest BCUT2D eigenvalue weighted by atomic mass is 9.97. The van der Waals surface area contributed by atoms with Gasteiger partial charge in [0.1, 0.15) is 5.82 Å². The molecule has 0 fully saturated rings. The Morgan fingerprint density at radius 3 is 2.39 bits per heavy atom. The number of methoxy groups -OCH3 is 1. The minimum Gasteiger partial charge on any atom is -0.493 e. The van der Waals surface area contributed by atoms with E-state index < -0.39 is 5.82 Å². The van der Waals surface area contributed by atoms with Crippen molar-refractivity contribution < 1.29 is 13.5 Å². The van der Waals surface area contributed by atoms with E-state index in [1.165, 1.54) is 13.2 Å². The highest BCUT2D eigenvalue weighted by Crippen LogP contribution is 2.31. The van der Waals surface area contributed by atoms with Crippen LogP contribution in [-0.2, 0) is 6.42 Å². The average molecular weight is 320 g/mol. The fourth-order valence-electron chi connectivity index (χ4n) is 2.58. The Labute approximate surface area is 135 Å². The van der Waals surface area contributed by atoms with Crippen molar-refractivity contribution in [2.75, 3.05) is 7.11 Å². The van der Waals surface area contributed by atoms with Crippen LogP contribution >= 0.6 is 0 Å². The van der Waals surface area contributed by atoms with E-state index in [2.05, 4.69) is 9.97 Å². The highest BCUT2D eigenvalue weighted by molar-refractivity contribution is 5.37. The standard InChI is InChI=1S/C18H22F2N2O/c1-10(2)13-9-21-15(16(20)18(13)23-5)7-12(4)17-14(19)6-11(3)8-22-17/h6,8-10,12H,7H2,1-5H3. The molecular weight excluding hydrogens is 298 g/mol. The summed E-state index contributed by atoms with van der Waals surface area (Å²) in [5, 5.41) is 0. The van der Waals surface area contributed by atoms with Crippen LogP contribution in [0.3, 0.4) is 0 Å². The maximum absolute atomic E-state index is 14.6. The average Bonchev–Trinajstić information content (AvgIpc) is 2.48. The second-order valence-corrected chi connectivity index (χ2v) is 6.15. The highest BCUT2D eigenvalue weighted by Gasteiger charge is 2.21. The summed E-state index contributed by atoms with van der Waals surface area (Å²) >= 11 is 0. The summed E-state index contributed by atoms with van der Waals surface area (Å²) < 4.78 is 33.9. The summed E-state index contributed by atoms with van der Waals surface area (Å²) in [6, 6.07) is 1.44. The van der Waals surface area contributed by atoms with Crippen LogP contribution in [0.25, 0.3) is 0 Å². The molecule has 0 N–H and O–H groups in total. The van der Waals surface area contributed by atoms with Gasteiger partial charge in [-0.05, 0) is 24.5 Å². The largest absolute Gasteiger partial charge is 0.493 e. The Hall–Kier alpha value is -2.04. The molecule has 0 saturated carbocycles. The van der Waals surface area contributed by atoms with Crippen molar-refractivity contribution in [1.29, 1.82) is 0 Å². The van der Waals surface area contributed by atoms with Gasteiger partial charge in [-0.2, -0.15) is 0 Å². The quantitative estimate of drug-likeness (QED) is 0.811. The SMILES string of the molecule is COc1c(C(C)C)cnc(CC(C)c2ncc(C)cc2F)c1F. The number of nitrogens with zero attached hydrogens (tertiary/aromatic N) is 2. The molecule has 0 amide bonds. The fourth-order valence-corrected chi connectivity index (χ4v) is 2.58. The van der Waals surface area contributed by atoms with Crippen molar-refractivity contribution in [3.05, 3.63) is 52.6 Å². The number of hydrogen-bond acceptors (Lipinski definition) is 3. The van der Waals surface area contributed by atoms with E-state index in [9.17, 15) is 8.78 Å². The molecule has 0 aliphatic heterocycles. The first-order valence-electron chi connectivity index (χ1n) is 7.68. The van der Waals surface area contributed by atoms with Gasteiger partial charge in [-0.3, -0.25) is 9.97 Å². The second kappa shape index (κ2) is 7.02. The van der Waals surface area contributed by atoms with Crippen molar-refractivity contribution in [2.24, 2.45) is 0 Å². The number of rotatable bonds is 5. The maximum Gasteiger partial charge on any atom is 0.186 e. The van der Waals surface area contributed by atoms with Gasteiger partial charge in [0.05, 0.1) is 18.5 Å². The molecule has 5 heteroatoms. The molecule has 1 unspecified atom stereocenters. The van der Waals surface area contributed by atoms with Gasteiger partial charge in [0.2, 0.25) is 0 Å². The Kier molecular flexibility index (Phi) is 5.29. The Bertz CT molecular complexity index is 702. The lowest BCUT2D eigenvalue weighted by molar-refractivity contribution is 0.373. The van der Waals surface area contributed by atoms with Gasteiger partial charge >= 0.3 is 0 Å². The first-order chi connectivity index (χ1) is 10.8. The van der Waals surface area contributed by atoms with Crippen molar-refractivity contribution >= 4 is 0 Å². The van der Waals surface area contributed by atoms with Gasteiger partial charge in [-0.25, -0.2) is 8.78 Å². The first-order valence-corrected chi connectivity index (χ1v) is 7.68. The number of halogens is 2. The number of pyridine rings is 2. The van der Waals surface area contributed by atoms with E-state index in [-0.39, 0.29) is 35.5 Å². The van der Waals surface area contributed by atoms with Crippen LogP contribution in [-0.4, -0.2) is 17.1 Å². The van der Waals surface area contributed by atoms with E-state index in [0.29, 0.717) is 5.69 Å². The van der Waals surface area contributed by atoms with Crippen LogP contribution in [0.15, 0.2) is 18.5 Å². The van der Waals surface area contributed by atoms with Crippen molar-refractivity contribution in [3.8, 4) is 5.75 Å². The van der Waals surface area contributed by atoms with Crippen molar-refractivity contribution in [1.82, 2.24) is 9.97 Å². The molecule has 23 heavy (non-hydrogen) atoms. The Balaban J connectivity index is 2.32. The van der Waals surface area contributed by atoms with Crippen LogP contribution in [0.1, 0.15) is 55.1 Å². The molecule has 3 nitrogen and oxygen atoms in total. The second-order valence-electron chi connectivity index (χ2n) is 6.15. The third-order valence-electron chi connectivity index (χ3n) is 3.87. The van der Waals surface area contributed by atoms with Crippen LogP contribution in [0.5, 0.6) is 5.75 Å². The molecular formula is C18H22F2N2O. The normalized spacial score (nSPS) is 12.5. The minimum absolute atomic E-state index is 0.106. The molecule has 0 spiro atoms. The molecule has 2 aromatic heterocycles. The Morgan fingerprint density at radius 2 is 1.83 bits per heavy atom. The van der Waals surface area contributed by atoms with Crippen LogP contribution < -0.4 is 4.74 Å². The number of aromatic nitrogens is 2. The van der Waals surface area contributed by atoms with Gasteiger partial charge in [0.15, 0.2) is 11.6 Å². The van der Waals surface area contributed by atoms with E-state index >= 15 is 0 Å². The third-order valence-corrected chi connectivity index (χ3v) is 3.87. The summed E-state index contributed by atoms with van der Waals surface area (Å²) in [4.78, 5) is 8.35. The number of aryl methyl sites for hydroxylation is 1. The number of hydrogen-bond donors (Lipinski definition) is 0. The summed E-state index contributed by atoms with van der Waals surface area (Å²) in [6.07, 6.45) is 3.50. The predicted molar refractivity (Wildman–Crippen MR) is 85.9 cm³/mol. The summed E-state index contributed by atoms with van der Waals surface area (Å²) in [5.74, 6) is -0.807. The van der Waals surface area contributed by atoms with Crippen LogP contribution in [0.2, 0.25) is 0 Å². The lowest BCUT2D eigenvalue weighted by Gasteiger charge is -2.16. The van der Waals surface area contributed by atoms with Gasteiger partial charge in [-0.1, -0.05) is 20.8 Å². The minimum atomic E-state index is -0.474. The van der Waals surface area contributed by atoms with Crippen molar-refractivity contribution in [3.63, 3.8) is 0 Å². The maximum atomic E-state index is 14.6. The zero-order valence-electron chi connectivity index (χ0n) is 14.2. The van der Waals surface area contributed by atoms with Gasteiger partial charge in [-0.15, -0.1) is 0 Å². The smallest absolute Gasteiger partial charge is 0.186 e. The lowest BCUT2D eigenvalue weighted by Crippen LogP contribution is -2.09. The summed E-state index contributed by atoms with van der Waals surface area (Å²) in [6.45, 7) is 7.49. The van der Waals surface area contributed by atoms with Crippen molar-refractivity contribution in [2.45, 2.75) is 46.0 Å². The molecule has 124 valence electrons. The van der Waals surface area contributed by atoms with Crippen LogP contribution in [0.4, 0.5) is 8.78 Å². The van der Waals surface area contributed by atoms with Gasteiger partial charge in [0, 0.05) is 30.3 Å². The summed E-state index contributed by atoms with van der Waals surface area (Å²) in [7, 11) is 1.44. The van der Waals surface area contributed by atoms with Gasteiger partial charge < -0.3 is 4.74 Å². The van der Waals surface area contributed by atoms with Gasteiger partial charge in [0.25, 0.3) is 0 Å². The molecule has 2 aromatic rings. The molecule has 0 radical (unpaired) electrons. The van der Waals surface area contributed by atoms with E-state index in [0.717, 1.165) is 11.1 Å².